The molecule has 0 aromatic heterocycles. The van der Waals surface area contributed by atoms with Gasteiger partial charge in [-0.25, -0.2) is 0 Å². The van der Waals surface area contributed by atoms with Crippen LogP contribution in [0.3, 0.4) is 0 Å². The van der Waals surface area contributed by atoms with Gasteiger partial charge in [0.1, 0.15) is 13.2 Å². The highest BCUT2D eigenvalue weighted by atomic mass is 16.6. The highest BCUT2D eigenvalue weighted by molar-refractivity contribution is 5.71. The lowest BCUT2D eigenvalue weighted by molar-refractivity contribution is -0.167. The van der Waals surface area contributed by atoms with Crippen molar-refractivity contribution >= 4 is 17.9 Å². The zero-order valence-electron chi connectivity index (χ0n) is 52.3. The Morgan fingerprint density at radius 1 is 0.247 bits per heavy atom. The Hall–Kier alpha value is -2.11. The molecule has 0 saturated carbocycles. The fourth-order valence-corrected chi connectivity index (χ4v) is 10.7. The Kier molecular flexibility index (Phi) is 64.6. The lowest BCUT2D eigenvalue weighted by atomic mass is 10.0. The van der Waals surface area contributed by atoms with Gasteiger partial charge in [-0.1, -0.05) is 328 Å². The van der Waals surface area contributed by atoms with Crippen LogP contribution in [-0.2, 0) is 28.6 Å². The van der Waals surface area contributed by atoms with Crippen molar-refractivity contribution in [1.82, 2.24) is 0 Å². The monoisotopic (exact) mass is 1080 g/mol. The second-order valence-electron chi connectivity index (χ2n) is 23.8. The van der Waals surface area contributed by atoms with Crippen molar-refractivity contribution in [3.63, 3.8) is 0 Å². The molecule has 0 aromatic rings. The summed E-state index contributed by atoms with van der Waals surface area (Å²) in [6.45, 7) is 6.69. The van der Waals surface area contributed by atoms with Gasteiger partial charge in [0.25, 0.3) is 0 Å². The van der Waals surface area contributed by atoms with Crippen molar-refractivity contribution in [2.45, 2.75) is 399 Å². The van der Waals surface area contributed by atoms with Crippen LogP contribution in [0.2, 0.25) is 0 Å². The van der Waals surface area contributed by atoms with Crippen molar-refractivity contribution in [2.24, 2.45) is 0 Å². The molecule has 0 aromatic carbocycles. The minimum atomic E-state index is -0.775. The molecular formula is C71H134O6. The molecule has 0 radical (unpaired) electrons. The van der Waals surface area contributed by atoms with E-state index in [9.17, 15) is 14.4 Å². The average molecular weight is 1080 g/mol. The Morgan fingerprint density at radius 3 is 0.649 bits per heavy atom. The lowest BCUT2D eigenvalue weighted by Crippen LogP contribution is -2.30. The second-order valence-corrected chi connectivity index (χ2v) is 23.8. The smallest absolute Gasteiger partial charge is 0.306 e. The molecule has 0 saturated heterocycles. The molecule has 0 spiro atoms. The molecular weight excluding hydrogens is 949 g/mol. The van der Waals surface area contributed by atoms with E-state index in [1.807, 2.05) is 0 Å². The topological polar surface area (TPSA) is 78.9 Å². The van der Waals surface area contributed by atoms with Crippen molar-refractivity contribution in [1.29, 1.82) is 0 Å². The van der Waals surface area contributed by atoms with Gasteiger partial charge in [0.15, 0.2) is 6.10 Å². The SMILES string of the molecule is CCCCCCC/C=C\CCCCCCCC(=O)OCC(COC(=O)CCCCCCCCCCCCCCCCCCCCCCCCCCCCC)OC(=O)CCCCCCCCC/C=C\CCCCCCCCC. The van der Waals surface area contributed by atoms with E-state index in [0.29, 0.717) is 19.3 Å². The van der Waals surface area contributed by atoms with Crippen molar-refractivity contribution < 1.29 is 28.6 Å². The van der Waals surface area contributed by atoms with E-state index >= 15 is 0 Å². The molecule has 0 bridgehead atoms. The molecule has 1 unspecified atom stereocenters. The molecule has 0 aliphatic carbocycles. The first-order chi connectivity index (χ1) is 38.0. The number of hydrogen-bond donors (Lipinski definition) is 0. The number of carbonyl (C=O) groups excluding carboxylic acids is 3. The zero-order chi connectivity index (χ0) is 55.7. The first kappa shape index (κ1) is 74.9. The van der Waals surface area contributed by atoms with E-state index in [4.69, 9.17) is 14.2 Å². The third-order valence-electron chi connectivity index (χ3n) is 15.9. The van der Waals surface area contributed by atoms with Gasteiger partial charge in [-0.05, 0) is 70.6 Å². The third-order valence-corrected chi connectivity index (χ3v) is 15.9. The van der Waals surface area contributed by atoms with Crippen LogP contribution in [0.25, 0.3) is 0 Å². The maximum atomic E-state index is 12.9. The first-order valence-electron chi connectivity index (χ1n) is 34.8. The highest BCUT2D eigenvalue weighted by Crippen LogP contribution is 2.18. The van der Waals surface area contributed by atoms with Crippen LogP contribution in [0.1, 0.15) is 393 Å². The van der Waals surface area contributed by atoms with Gasteiger partial charge in [0, 0.05) is 19.3 Å². The molecule has 6 nitrogen and oxygen atoms in total. The first-order valence-corrected chi connectivity index (χ1v) is 34.8. The fourth-order valence-electron chi connectivity index (χ4n) is 10.7. The second kappa shape index (κ2) is 66.4. The number of rotatable bonds is 65. The minimum absolute atomic E-state index is 0.0705. The van der Waals surface area contributed by atoms with Gasteiger partial charge in [0.2, 0.25) is 0 Å². The van der Waals surface area contributed by atoms with Crippen LogP contribution in [0, 0.1) is 0 Å². The van der Waals surface area contributed by atoms with E-state index in [1.54, 1.807) is 0 Å². The van der Waals surface area contributed by atoms with E-state index in [1.165, 1.54) is 289 Å². The van der Waals surface area contributed by atoms with Crippen LogP contribution in [-0.4, -0.2) is 37.2 Å². The molecule has 0 fully saturated rings. The Labute approximate surface area is 481 Å². The van der Waals surface area contributed by atoms with E-state index in [2.05, 4.69) is 45.1 Å². The molecule has 0 rings (SSSR count). The van der Waals surface area contributed by atoms with Gasteiger partial charge in [0.05, 0.1) is 0 Å². The van der Waals surface area contributed by atoms with Gasteiger partial charge in [-0.15, -0.1) is 0 Å². The number of allylic oxidation sites excluding steroid dienone is 4. The summed E-state index contributed by atoms with van der Waals surface area (Å²) in [6, 6.07) is 0. The average Bonchev–Trinajstić information content (AvgIpc) is 3.43. The van der Waals surface area contributed by atoms with Crippen molar-refractivity contribution in [3.8, 4) is 0 Å². The summed E-state index contributed by atoms with van der Waals surface area (Å²) in [5.41, 5.74) is 0. The molecule has 0 aliphatic heterocycles. The number of hydrogen-bond acceptors (Lipinski definition) is 6. The molecule has 454 valence electrons. The Bertz CT molecular complexity index is 1240. The van der Waals surface area contributed by atoms with E-state index in [-0.39, 0.29) is 31.1 Å². The largest absolute Gasteiger partial charge is 0.462 e. The third kappa shape index (κ3) is 64.6. The molecule has 0 amide bonds. The summed E-state index contributed by atoms with van der Waals surface area (Å²) in [4.78, 5) is 38.4. The molecule has 0 N–H and O–H groups in total. The lowest BCUT2D eigenvalue weighted by Gasteiger charge is -2.18. The summed E-state index contributed by atoms with van der Waals surface area (Å²) in [5.74, 6) is -0.855. The maximum absolute atomic E-state index is 12.9. The normalized spacial score (nSPS) is 12.1. The van der Waals surface area contributed by atoms with Crippen LogP contribution in [0.4, 0.5) is 0 Å². The number of esters is 3. The summed E-state index contributed by atoms with van der Waals surface area (Å²) >= 11 is 0. The predicted molar refractivity (Wildman–Crippen MR) is 335 cm³/mol. The van der Waals surface area contributed by atoms with Gasteiger partial charge < -0.3 is 14.2 Å². The van der Waals surface area contributed by atoms with Gasteiger partial charge in [-0.2, -0.15) is 0 Å². The fraction of sp³-hybridized carbons (Fsp3) is 0.901. The Balaban J connectivity index is 4.21. The zero-order valence-corrected chi connectivity index (χ0v) is 52.3. The standard InChI is InChI=1S/C71H134O6/c1-4-7-10-13-16-19-22-25-28-30-32-33-34-35-36-37-38-39-40-42-43-46-49-52-55-58-61-64-70(73)76-67-68(66-75-69(72)63-60-57-54-51-48-45-27-24-21-18-15-12-9-6-3)77-71(74)65-62-59-56-53-50-47-44-41-31-29-26-23-20-17-14-11-8-5-2/h24,27,29,31,68H,4-23,25-26,28,30,32-67H2,1-3H3/b27-24-,31-29-. The molecule has 0 heterocycles. The maximum Gasteiger partial charge on any atom is 0.306 e. The van der Waals surface area contributed by atoms with Gasteiger partial charge >= 0.3 is 17.9 Å². The summed E-state index contributed by atoms with van der Waals surface area (Å²) < 4.78 is 17.0. The summed E-state index contributed by atoms with van der Waals surface area (Å²) in [5, 5.41) is 0. The van der Waals surface area contributed by atoms with E-state index in [0.717, 1.165) is 64.2 Å². The van der Waals surface area contributed by atoms with Crippen LogP contribution >= 0.6 is 0 Å². The van der Waals surface area contributed by atoms with Crippen LogP contribution in [0.15, 0.2) is 24.3 Å². The predicted octanol–water partition coefficient (Wildman–Crippen LogP) is 23.8. The van der Waals surface area contributed by atoms with Gasteiger partial charge in [-0.3, -0.25) is 14.4 Å². The molecule has 1 atom stereocenters. The number of unbranched alkanes of at least 4 members (excludes halogenated alkanes) is 50. The minimum Gasteiger partial charge on any atom is -0.462 e. The van der Waals surface area contributed by atoms with Crippen LogP contribution < -0.4 is 0 Å². The number of carbonyl (C=O) groups is 3. The molecule has 6 heteroatoms. The number of ether oxygens (including phenoxy) is 3. The van der Waals surface area contributed by atoms with Crippen molar-refractivity contribution in [2.75, 3.05) is 13.2 Å². The summed E-state index contributed by atoms with van der Waals surface area (Å²) in [6.07, 6.45) is 80.7. The van der Waals surface area contributed by atoms with E-state index < -0.39 is 6.10 Å². The highest BCUT2D eigenvalue weighted by Gasteiger charge is 2.19. The summed E-state index contributed by atoms with van der Waals surface area (Å²) in [7, 11) is 0. The van der Waals surface area contributed by atoms with Crippen molar-refractivity contribution in [3.05, 3.63) is 24.3 Å². The molecule has 0 aliphatic rings. The quantitative estimate of drug-likeness (QED) is 0.0261. The van der Waals surface area contributed by atoms with Crippen LogP contribution in [0.5, 0.6) is 0 Å². The molecule has 77 heavy (non-hydrogen) atoms. The Morgan fingerprint density at radius 2 is 0.429 bits per heavy atom.